The van der Waals surface area contributed by atoms with Gasteiger partial charge < -0.3 is 4.74 Å². The predicted octanol–water partition coefficient (Wildman–Crippen LogP) is 2.71. The molecule has 0 spiro atoms. The highest BCUT2D eigenvalue weighted by Gasteiger charge is 2.26. The van der Waals surface area contributed by atoms with Crippen LogP contribution in [0, 0.1) is 0 Å². The molecule has 1 aromatic heterocycles. The quantitative estimate of drug-likeness (QED) is 0.861. The minimum absolute atomic E-state index is 0.0787. The second kappa shape index (κ2) is 4.30. The van der Waals surface area contributed by atoms with Crippen LogP contribution >= 0.6 is 0 Å². The second-order valence-electron chi connectivity index (χ2n) is 4.42. The normalized spacial score (nSPS) is 24.1. The van der Waals surface area contributed by atoms with E-state index in [0.717, 1.165) is 30.1 Å². The van der Waals surface area contributed by atoms with Crippen molar-refractivity contribution >= 4 is 0 Å². The molecule has 2 heterocycles. The summed E-state index contributed by atoms with van der Waals surface area (Å²) in [4.78, 5) is 4.51. The first-order valence-corrected chi connectivity index (χ1v) is 5.96. The van der Waals surface area contributed by atoms with E-state index < -0.39 is 0 Å². The second-order valence-corrected chi connectivity index (χ2v) is 4.42. The lowest BCUT2D eigenvalue weighted by Crippen LogP contribution is -2.02. The van der Waals surface area contributed by atoms with Crippen LogP contribution in [0.25, 0.3) is 11.4 Å². The van der Waals surface area contributed by atoms with E-state index in [2.05, 4.69) is 22.1 Å². The van der Waals surface area contributed by atoms with Gasteiger partial charge in [-0.3, -0.25) is 5.10 Å². The molecular formula is C13H15N3O. The molecule has 17 heavy (non-hydrogen) atoms. The van der Waals surface area contributed by atoms with E-state index in [1.54, 1.807) is 0 Å². The van der Waals surface area contributed by atoms with Crippen molar-refractivity contribution in [2.75, 3.05) is 0 Å². The molecule has 1 aliphatic heterocycles. The lowest BCUT2D eigenvalue weighted by atomic mass is 10.2. The summed E-state index contributed by atoms with van der Waals surface area (Å²) < 4.78 is 5.76. The Labute approximate surface area is 100 Å². The number of ether oxygens (including phenoxy) is 1. The van der Waals surface area contributed by atoms with E-state index in [1.807, 2.05) is 30.3 Å². The fraction of sp³-hybridized carbons (Fsp3) is 0.385. The zero-order valence-corrected chi connectivity index (χ0v) is 9.76. The van der Waals surface area contributed by atoms with Gasteiger partial charge in [0, 0.05) is 5.56 Å². The number of hydrogen-bond donors (Lipinski definition) is 1. The van der Waals surface area contributed by atoms with Crippen molar-refractivity contribution in [1.82, 2.24) is 15.2 Å². The molecule has 2 unspecified atom stereocenters. The van der Waals surface area contributed by atoms with E-state index in [1.165, 1.54) is 0 Å². The summed E-state index contributed by atoms with van der Waals surface area (Å²) in [6.07, 6.45) is 2.51. The summed E-state index contributed by atoms with van der Waals surface area (Å²) in [5.74, 6) is 1.58. The average Bonchev–Trinajstić information content (AvgIpc) is 2.98. The van der Waals surface area contributed by atoms with Crippen LogP contribution in [-0.4, -0.2) is 21.3 Å². The van der Waals surface area contributed by atoms with Gasteiger partial charge in [0.25, 0.3) is 0 Å². The number of aromatic nitrogens is 3. The minimum Gasteiger partial charge on any atom is -0.367 e. The van der Waals surface area contributed by atoms with Crippen LogP contribution in [0.2, 0.25) is 0 Å². The Bertz CT molecular complexity index is 494. The van der Waals surface area contributed by atoms with Crippen molar-refractivity contribution in [3.63, 3.8) is 0 Å². The molecule has 0 saturated carbocycles. The summed E-state index contributed by atoms with van der Waals surface area (Å²) >= 11 is 0. The molecule has 1 fully saturated rings. The highest BCUT2D eigenvalue weighted by Crippen LogP contribution is 2.31. The Morgan fingerprint density at radius 2 is 2.06 bits per heavy atom. The van der Waals surface area contributed by atoms with Crippen LogP contribution in [0.4, 0.5) is 0 Å². The summed E-state index contributed by atoms with van der Waals surface area (Å²) in [5, 5.41) is 7.22. The van der Waals surface area contributed by atoms with Crippen molar-refractivity contribution in [2.24, 2.45) is 0 Å². The first kappa shape index (κ1) is 10.5. The van der Waals surface area contributed by atoms with Crippen molar-refractivity contribution in [3.05, 3.63) is 36.2 Å². The molecule has 1 aromatic carbocycles. The number of nitrogens with one attached hydrogen (secondary N) is 1. The highest BCUT2D eigenvalue weighted by atomic mass is 16.5. The topological polar surface area (TPSA) is 50.8 Å². The average molecular weight is 229 g/mol. The van der Waals surface area contributed by atoms with Gasteiger partial charge in [-0.2, -0.15) is 5.10 Å². The van der Waals surface area contributed by atoms with Crippen molar-refractivity contribution in [3.8, 4) is 11.4 Å². The summed E-state index contributed by atoms with van der Waals surface area (Å²) in [6.45, 7) is 2.09. The monoisotopic (exact) mass is 229 g/mol. The predicted molar refractivity (Wildman–Crippen MR) is 64.3 cm³/mol. The molecule has 4 heteroatoms. The van der Waals surface area contributed by atoms with E-state index >= 15 is 0 Å². The lowest BCUT2D eigenvalue weighted by Gasteiger charge is -2.06. The molecular weight excluding hydrogens is 214 g/mol. The molecule has 2 aromatic rings. The van der Waals surface area contributed by atoms with E-state index in [0.29, 0.717) is 6.10 Å². The Kier molecular flexibility index (Phi) is 2.65. The molecule has 88 valence electrons. The van der Waals surface area contributed by atoms with Gasteiger partial charge in [0.1, 0.15) is 6.10 Å². The number of nitrogens with zero attached hydrogens (tertiary/aromatic N) is 2. The number of hydrogen-bond acceptors (Lipinski definition) is 3. The maximum atomic E-state index is 5.76. The molecule has 0 amide bonds. The lowest BCUT2D eigenvalue weighted by molar-refractivity contribution is 0.0505. The molecule has 1 N–H and O–H groups in total. The third kappa shape index (κ3) is 2.08. The summed E-state index contributed by atoms with van der Waals surface area (Å²) in [7, 11) is 0. The first-order chi connectivity index (χ1) is 8.33. The SMILES string of the molecule is CC1CCC(c2nc(-c3ccccc3)n[nH]2)O1. The van der Waals surface area contributed by atoms with Gasteiger partial charge in [-0.15, -0.1) is 0 Å². The Balaban J connectivity index is 1.84. The van der Waals surface area contributed by atoms with Crippen LogP contribution in [0.5, 0.6) is 0 Å². The first-order valence-electron chi connectivity index (χ1n) is 5.96. The summed E-state index contributed by atoms with van der Waals surface area (Å²) in [6, 6.07) is 9.97. The zero-order valence-electron chi connectivity index (χ0n) is 9.76. The van der Waals surface area contributed by atoms with Gasteiger partial charge in [0.2, 0.25) is 0 Å². The number of benzene rings is 1. The Morgan fingerprint density at radius 3 is 2.76 bits per heavy atom. The fourth-order valence-electron chi connectivity index (χ4n) is 2.14. The Hall–Kier alpha value is -1.68. The molecule has 1 saturated heterocycles. The van der Waals surface area contributed by atoms with Gasteiger partial charge >= 0.3 is 0 Å². The zero-order chi connectivity index (χ0) is 11.7. The molecule has 4 nitrogen and oxygen atoms in total. The fourth-order valence-corrected chi connectivity index (χ4v) is 2.14. The molecule has 0 radical (unpaired) electrons. The van der Waals surface area contributed by atoms with Crippen LogP contribution in [0.3, 0.4) is 0 Å². The molecule has 0 bridgehead atoms. The van der Waals surface area contributed by atoms with Crippen molar-refractivity contribution in [1.29, 1.82) is 0 Å². The number of rotatable bonds is 2. The minimum atomic E-state index is 0.0787. The third-order valence-electron chi connectivity index (χ3n) is 3.07. The van der Waals surface area contributed by atoms with Gasteiger partial charge in [0.15, 0.2) is 11.6 Å². The van der Waals surface area contributed by atoms with Crippen molar-refractivity contribution in [2.45, 2.75) is 32.0 Å². The molecule has 0 aliphatic carbocycles. The van der Waals surface area contributed by atoms with E-state index in [4.69, 9.17) is 4.74 Å². The van der Waals surface area contributed by atoms with Crippen LogP contribution in [0.15, 0.2) is 30.3 Å². The summed E-state index contributed by atoms with van der Waals surface area (Å²) in [5.41, 5.74) is 1.03. The van der Waals surface area contributed by atoms with Crippen LogP contribution in [0.1, 0.15) is 31.7 Å². The van der Waals surface area contributed by atoms with Crippen LogP contribution < -0.4 is 0 Å². The van der Waals surface area contributed by atoms with Gasteiger partial charge in [0.05, 0.1) is 6.10 Å². The van der Waals surface area contributed by atoms with Gasteiger partial charge in [-0.1, -0.05) is 30.3 Å². The standard InChI is InChI=1S/C13H15N3O/c1-9-7-8-11(17-9)13-14-12(15-16-13)10-5-3-2-4-6-10/h2-6,9,11H,7-8H2,1H3,(H,14,15,16). The molecule has 3 rings (SSSR count). The third-order valence-corrected chi connectivity index (χ3v) is 3.07. The van der Waals surface area contributed by atoms with E-state index in [9.17, 15) is 0 Å². The number of aromatic amines is 1. The maximum Gasteiger partial charge on any atom is 0.181 e. The largest absolute Gasteiger partial charge is 0.367 e. The molecule has 1 aliphatic rings. The van der Waals surface area contributed by atoms with Crippen molar-refractivity contribution < 1.29 is 4.74 Å². The van der Waals surface area contributed by atoms with Gasteiger partial charge in [-0.25, -0.2) is 4.98 Å². The smallest absolute Gasteiger partial charge is 0.181 e. The molecule has 2 atom stereocenters. The highest BCUT2D eigenvalue weighted by molar-refractivity contribution is 5.53. The Morgan fingerprint density at radius 1 is 1.24 bits per heavy atom. The number of H-pyrrole nitrogens is 1. The van der Waals surface area contributed by atoms with Gasteiger partial charge in [-0.05, 0) is 19.8 Å². The van der Waals surface area contributed by atoms with Crippen LogP contribution in [-0.2, 0) is 4.74 Å². The maximum absolute atomic E-state index is 5.76. The van der Waals surface area contributed by atoms with E-state index in [-0.39, 0.29) is 6.10 Å².